The van der Waals surface area contributed by atoms with Gasteiger partial charge < -0.3 is 10.1 Å². The normalized spacial score (nSPS) is 16.9. The van der Waals surface area contributed by atoms with Gasteiger partial charge in [0, 0.05) is 5.02 Å². The molecule has 1 aliphatic rings. The zero-order chi connectivity index (χ0) is 21.1. The van der Waals surface area contributed by atoms with Crippen LogP contribution in [0.15, 0.2) is 53.4 Å². The molecule has 156 valence electrons. The van der Waals surface area contributed by atoms with Crippen molar-refractivity contribution in [3.05, 3.63) is 59.1 Å². The van der Waals surface area contributed by atoms with Gasteiger partial charge in [-0.3, -0.25) is 4.79 Å². The largest absolute Gasteiger partial charge is 0.494 e. The van der Waals surface area contributed by atoms with Crippen LogP contribution < -0.4 is 10.1 Å². The summed E-state index contributed by atoms with van der Waals surface area (Å²) in [5.41, 5.74) is 0.888. The Morgan fingerprint density at radius 2 is 1.69 bits per heavy atom. The first-order chi connectivity index (χ1) is 13.8. The first kappa shape index (κ1) is 21.7. The van der Waals surface area contributed by atoms with Crippen molar-refractivity contribution in [1.29, 1.82) is 0 Å². The van der Waals surface area contributed by atoms with E-state index in [1.165, 1.54) is 24.3 Å². The molecule has 1 amide bonds. The van der Waals surface area contributed by atoms with Gasteiger partial charge in [-0.25, -0.2) is 8.42 Å². The Balaban J connectivity index is 1.84. The lowest BCUT2D eigenvalue weighted by Crippen LogP contribution is -2.51. The van der Waals surface area contributed by atoms with Gasteiger partial charge in [0.05, 0.1) is 17.5 Å². The molecule has 7 heteroatoms. The zero-order valence-electron chi connectivity index (χ0n) is 16.7. The fraction of sp³-hybridized carbons (Fsp3) is 0.409. The molecular weight excluding hydrogens is 410 g/mol. The van der Waals surface area contributed by atoms with Crippen molar-refractivity contribution in [3.63, 3.8) is 0 Å². The van der Waals surface area contributed by atoms with Crippen molar-refractivity contribution in [1.82, 2.24) is 5.32 Å². The van der Waals surface area contributed by atoms with Crippen LogP contribution in [0.5, 0.6) is 5.75 Å². The quantitative estimate of drug-likeness (QED) is 0.684. The number of hydrogen-bond donors (Lipinski definition) is 1. The molecule has 2 aromatic carbocycles. The highest BCUT2D eigenvalue weighted by Gasteiger charge is 2.53. The third kappa shape index (κ3) is 4.28. The Labute approximate surface area is 177 Å². The lowest BCUT2D eigenvalue weighted by Gasteiger charge is -2.29. The Kier molecular flexibility index (Phi) is 6.54. The van der Waals surface area contributed by atoms with E-state index in [1.807, 2.05) is 38.1 Å². The van der Waals surface area contributed by atoms with E-state index in [1.54, 1.807) is 0 Å². The average Bonchev–Trinajstić information content (AvgIpc) is 3.21. The fourth-order valence-electron chi connectivity index (χ4n) is 3.83. The van der Waals surface area contributed by atoms with Crippen LogP contribution in [-0.4, -0.2) is 25.7 Å². The second-order valence-electron chi connectivity index (χ2n) is 7.36. The SMILES string of the molecule is CCOc1ccc(C(C)NC(=O)C2(S(=O)(=O)c3ccc(Cl)cc3)CCCC2)cc1. The van der Waals surface area contributed by atoms with Crippen LogP contribution in [0.4, 0.5) is 0 Å². The molecule has 0 aliphatic heterocycles. The first-order valence-electron chi connectivity index (χ1n) is 9.84. The molecule has 0 heterocycles. The summed E-state index contributed by atoms with van der Waals surface area (Å²) in [6, 6.07) is 13.2. The molecule has 1 N–H and O–H groups in total. The van der Waals surface area contributed by atoms with E-state index in [2.05, 4.69) is 5.32 Å². The second-order valence-corrected chi connectivity index (χ2v) is 10.1. The molecule has 29 heavy (non-hydrogen) atoms. The highest BCUT2D eigenvalue weighted by atomic mass is 35.5. The van der Waals surface area contributed by atoms with E-state index < -0.39 is 20.5 Å². The number of nitrogens with one attached hydrogen (secondary N) is 1. The van der Waals surface area contributed by atoms with Crippen LogP contribution in [0.2, 0.25) is 5.02 Å². The number of carbonyl (C=O) groups is 1. The van der Waals surface area contributed by atoms with E-state index in [-0.39, 0.29) is 10.9 Å². The Morgan fingerprint density at radius 3 is 2.24 bits per heavy atom. The summed E-state index contributed by atoms with van der Waals surface area (Å²) in [4.78, 5) is 13.4. The number of rotatable bonds is 7. The minimum absolute atomic E-state index is 0.132. The highest BCUT2D eigenvalue weighted by Crippen LogP contribution is 2.41. The van der Waals surface area contributed by atoms with Crippen LogP contribution >= 0.6 is 11.6 Å². The number of ether oxygens (including phenoxy) is 1. The van der Waals surface area contributed by atoms with Gasteiger partial charge in [-0.05, 0) is 68.7 Å². The van der Waals surface area contributed by atoms with E-state index >= 15 is 0 Å². The molecule has 0 spiro atoms. The summed E-state index contributed by atoms with van der Waals surface area (Å²) in [6.45, 7) is 4.35. The number of hydrogen-bond acceptors (Lipinski definition) is 4. The topological polar surface area (TPSA) is 72.5 Å². The monoisotopic (exact) mass is 435 g/mol. The number of halogens is 1. The first-order valence-corrected chi connectivity index (χ1v) is 11.7. The maximum absolute atomic E-state index is 13.4. The maximum Gasteiger partial charge on any atom is 0.242 e. The molecule has 5 nitrogen and oxygen atoms in total. The Hall–Kier alpha value is -2.05. The molecule has 2 aromatic rings. The second kappa shape index (κ2) is 8.76. The third-order valence-electron chi connectivity index (χ3n) is 5.50. The van der Waals surface area contributed by atoms with E-state index in [0.29, 0.717) is 37.3 Å². The molecule has 1 fully saturated rings. The van der Waals surface area contributed by atoms with E-state index in [9.17, 15) is 13.2 Å². The molecule has 0 saturated heterocycles. The van der Waals surface area contributed by atoms with Gasteiger partial charge in [0.1, 0.15) is 5.75 Å². The number of benzene rings is 2. The van der Waals surface area contributed by atoms with Crippen molar-refractivity contribution in [2.24, 2.45) is 0 Å². The highest BCUT2D eigenvalue weighted by molar-refractivity contribution is 7.93. The van der Waals surface area contributed by atoms with Gasteiger partial charge >= 0.3 is 0 Å². The van der Waals surface area contributed by atoms with Crippen molar-refractivity contribution in [2.45, 2.75) is 55.2 Å². The predicted octanol–water partition coefficient (Wildman–Crippen LogP) is 4.70. The van der Waals surface area contributed by atoms with Crippen LogP contribution in [0, 0.1) is 0 Å². The molecule has 1 saturated carbocycles. The lowest BCUT2D eigenvalue weighted by molar-refractivity contribution is -0.124. The fourth-order valence-corrected chi connectivity index (χ4v) is 6.03. The predicted molar refractivity (Wildman–Crippen MR) is 114 cm³/mol. The number of amides is 1. The molecule has 1 atom stereocenters. The summed E-state index contributed by atoms with van der Waals surface area (Å²) in [6.07, 6.45) is 2.05. The molecule has 0 aromatic heterocycles. The van der Waals surface area contributed by atoms with Gasteiger partial charge in [0.15, 0.2) is 14.6 Å². The molecule has 0 bridgehead atoms. The van der Waals surface area contributed by atoms with Crippen LogP contribution in [0.1, 0.15) is 51.1 Å². The van der Waals surface area contributed by atoms with Gasteiger partial charge in [-0.1, -0.05) is 36.6 Å². The Bertz CT molecular complexity index is 949. The summed E-state index contributed by atoms with van der Waals surface area (Å²) >= 11 is 5.90. The van der Waals surface area contributed by atoms with E-state index in [0.717, 1.165) is 11.3 Å². The van der Waals surface area contributed by atoms with Crippen LogP contribution in [-0.2, 0) is 14.6 Å². The standard InChI is InChI=1S/C22H26ClNO4S/c1-3-28-19-10-6-17(7-11-19)16(2)24-21(25)22(14-4-5-15-22)29(26,27)20-12-8-18(23)9-13-20/h6-13,16H,3-5,14-15H2,1-2H3,(H,24,25). The van der Waals surface area contributed by atoms with Crippen molar-refractivity contribution in [2.75, 3.05) is 6.61 Å². The van der Waals surface area contributed by atoms with Crippen molar-refractivity contribution >= 4 is 27.3 Å². The third-order valence-corrected chi connectivity index (χ3v) is 8.27. The van der Waals surface area contributed by atoms with Crippen LogP contribution in [0.25, 0.3) is 0 Å². The van der Waals surface area contributed by atoms with Gasteiger partial charge in [-0.15, -0.1) is 0 Å². The summed E-state index contributed by atoms with van der Waals surface area (Å²) in [7, 11) is -3.85. The molecule has 1 aliphatic carbocycles. The smallest absolute Gasteiger partial charge is 0.242 e. The lowest BCUT2D eigenvalue weighted by atomic mass is 10.0. The summed E-state index contributed by atoms with van der Waals surface area (Å²) in [5, 5.41) is 3.39. The number of sulfone groups is 1. The minimum Gasteiger partial charge on any atom is -0.494 e. The Morgan fingerprint density at radius 1 is 1.10 bits per heavy atom. The average molecular weight is 436 g/mol. The summed E-state index contributed by atoms with van der Waals surface area (Å²) in [5.74, 6) is 0.318. The molecule has 0 radical (unpaired) electrons. The van der Waals surface area contributed by atoms with Gasteiger partial charge in [0.2, 0.25) is 5.91 Å². The van der Waals surface area contributed by atoms with Gasteiger partial charge in [0.25, 0.3) is 0 Å². The maximum atomic E-state index is 13.4. The summed E-state index contributed by atoms with van der Waals surface area (Å²) < 4.78 is 30.8. The number of carbonyl (C=O) groups excluding carboxylic acids is 1. The van der Waals surface area contributed by atoms with Crippen LogP contribution in [0.3, 0.4) is 0 Å². The van der Waals surface area contributed by atoms with E-state index in [4.69, 9.17) is 16.3 Å². The molecule has 3 rings (SSSR count). The molecule has 1 unspecified atom stereocenters. The van der Waals surface area contributed by atoms with Crippen molar-refractivity contribution < 1.29 is 17.9 Å². The van der Waals surface area contributed by atoms with Gasteiger partial charge in [-0.2, -0.15) is 0 Å². The zero-order valence-corrected chi connectivity index (χ0v) is 18.2. The van der Waals surface area contributed by atoms with Crippen molar-refractivity contribution in [3.8, 4) is 5.75 Å². The molecular formula is C22H26ClNO4S. The minimum atomic E-state index is -3.85.